The second-order valence-electron chi connectivity index (χ2n) is 12.4. The Labute approximate surface area is 320 Å². The third-order valence-electron chi connectivity index (χ3n) is 9.10. The first-order valence-corrected chi connectivity index (χ1v) is 18.0. The second kappa shape index (κ2) is 19.4. The highest BCUT2D eigenvalue weighted by molar-refractivity contribution is 6.05. The molecule has 0 spiro atoms. The fourth-order valence-corrected chi connectivity index (χ4v) is 6.26. The van der Waals surface area contributed by atoms with E-state index in [1.807, 2.05) is 105 Å². The summed E-state index contributed by atoms with van der Waals surface area (Å²) in [6.45, 7) is 8.64. The molecule has 55 heavy (non-hydrogen) atoms. The summed E-state index contributed by atoms with van der Waals surface area (Å²) < 4.78 is 1.25. The van der Waals surface area contributed by atoms with Crippen molar-refractivity contribution in [2.75, 3.05) is 54.0 Å². The lowest BCUT2D eigenvalue weighted by molar-refractivity contribution is -0.438. The Morgan fingerprint density at radius 3 is 1.44 bits per heavy atom. The van der Waals surface area contributed by atoms with Crippen LogP contribution in [0, 0.1) is 0 Å². The normalized spacial score (nSPS) is 12.5. The number of carboxylic acids is 2. The molecule has 4 rings (SSSR count). The first-order valence-electron chi connectivity index (χ1n) is 18.0. The van der Waals surface area contributed by atoms with E-state index in [-0.39, 0.29) is 26.2 Å². The maximum Gasteiger partial charge on any atom is 0.594 e. The van der Waals surface area contributed by atoms with Gasteiger partial charge in [-0.15, -0.1) is 4.58 Å². The average Bonchev–Trinajstić information content (AvgIpc) is 3.17. The summed E-state index contributed by atoms with van der Waals surface area (Å²) in [5.41, 5.74) is 7.58. The molecule has 0 saturated heterocycles. The number of likely N-dealkylation sites (N-methyl/N-ethyl adjacent to an activating group) is 2. The predicted octanol–water partition coefficient (Wildman–Crippen LogP) is 7.73. The van der Waals surface area contributed by atoms with Crippen LogP contribution in [0.5, 0.6) is 0 Å². The predicted molar refractivity (Wildman–Crippen MR) is 217 cm³/mol. The summed E-state index contributed by atoms with van der Waals surface area (Å²) in [5.74, 6) is -1.86. The summed E-state index contributed by atoms with van der Waals surface area (Å²) in [5, 5.41) is 38.1. The number of allylic oxidation sites excluding steroid dienone is 9. The summed E-state index contributed by atoms with van der Waals surface area (Å²) in [4.78, 5) is 51.3. The van der Waals surface area contributed by atoms with E-state index in [4.69, 9.17) is 0 Å². The van der Waals surface area contributed by atoms with E-state index in [0.29, 0.717) is 24.5 Å². The standard InChI is InChI=1S/C43H46N4O8/c1-5-44(28-40(48)49)34-20-12-30(13-21-34)38(32-16-24-36(25-17-32)46(7-3)42(52)53)10-9-11-39(33-18-26-37(27-19-33)47(8-4)43(54)55)31-14-22-35(23-15-31)45(6-2)29-41(50)51/h9-27H,5-8,28-29H2,1-4H3,(H3-,48,49,50,51,52,53,54,55)/p+1. The molecule has 12 heteroatoms. The fourth-order valence-electron chi connectivity index (χ4n) is 6.26. The van der Waals surface area contributed by atoms with Gasteiger partial charge >= 0.3 is 24.1 Å². The maximum atomic E-state index is 11.8. The largest absolute Gasteiger partial charge is 0.594 e. The molecule has 0 aromatic heterocycles. The van der Waals surface area contributed by atoms with Gasteiger partial charge in [0, 0.05) is 48.8 Å². The highest BCUT2D eigenvalue weighted by Crippen LogP contribution is 2.30. The van der Waals surface area contributed by atoms with Gasteiger partial charge < -0.3 is 30.2 Å². The Morgan fingerprint density at radius 2 is 1.05 bits per heavy atom. The molecule has 3 aromatic carbocycles. The van der Waals surface area contributed by atoms with Crippen LogP contribution in [0.25, 0.3) is 11.1 Å². The van der Waals surface area contributed by atoms with E-state index >= 15 is 0 Å². The van der Waals surface area contributed by atoms with Crippen LogP contribution >= 0.6 is 0 Å². The van der Waals surface area contributed by atoms with Gasteiger partial charge in [0.05, 0.1) is 0 Å². The third kappa shape index (κ3) is 10.7. The van der Waals surface area contributed by atoms with Crippen molar-refractivity contribution in [3.05, 3.63) is 138 Å². The number of hydrogen-bond acceptors (Lipinski definition) is 6. The minimum Gasteiger partial charge on any atom is -0.480 e. The molecule has 0 radical (unpaired) electrons. The number of anilines is 3. The Bertz CT molecular complexity index is 2040. The maximum absolute atomic E-state index is 11.8. The van der Waals surface area contributed by atoms with Gasteiger partial charge in [0.2, 0.25) is 5.71 Å². The molecule has 4 N–H and O–H groups in total. The lowest BCUT2D eigenvalue weighted by Crippen LogP contribution is -2.29. The van der Waals surface area contributed by atoms with Gasteiger partial charge in [-0.2, -0.15) is 4.79 Å². The van der Waals surface area contributed by atoms with E-state index in [9.17, 15) is 39.6 Å². The van der Waals surface area contributed by atoms with Crippen LogP contribution in [0.2, 0.25) is 0 Å². The number of hydrogen-bond donors (Lipinski definition) is 4. The monoisotopic (exact) mass is 747 g/mol. The molecule has 286 valence electrons. The molecule has 0 fully saturated rings. The van der Waals surface area contributed by atoms with E-state index in [1.54, 1.807) is 47.9 Å². The Morgan fingerprint density at radius 1 is 0.600 bits per heavy atom. The topological polar surface area (TPSA) is 162 Å². The van der Waals surface area contributed by atoms with Crippen LogP contribution < -0.4 is 14.7 Å². The molecule has 0 aliphatic heterocycles. The van der Waals surface area contributed by atoms with Crippen molar-refractivity contribution in [2.45, 2.75) is 27.7 Å². The zero-order chi connectivity index (χ0) is 40.1. The van der Waals surface area contributed by atoms with Gasteiger partial charge in [0.1, 0.15) is 13.1 Å². The number of nitrogens with zero attached hydrogens (tertiary/aromatic N) is 4. The number of aliphatic carboxylic acids is 2. The Kier molecular flexibility index (Phi) is 14.5. The first-order chi connectivity index (χ1) is 26.4. The second-order valence-corrected chi connectivity index (χ2v) is 12.4. The highest BCUT2D eigenvalue weighted by atomic mass is 16.4. The van der Waals surface area contributed by atoms with Gasteiger partial charge in [-0.25, -0.2) is 4.79 Å². The van der Waals surface area contributed by atoms with Crippen LogP contribution in [0.15, 0.2) is 121 Å². The molecule has 0 unspecified atom stereocenters. The van der Waals surface area contributed by atoms with Crippen molar-refractivity contribution in [1.82, 2.24) is 0 Å². The number of carbonyl (C=O) groups is 4. The third-order valence-corrected chi connectivity index (χ3v) is 9.10. The van der Waals surface area contributed by atoms with Gasteiger partial charge in [-0.1, -0.05) is 54.6 Å². The molecule has 0 bridgehead atoms. The smallest absolute Gasteiger partial charge is 0.480 e. The summed E-state index contributed by atoms with van der Waals surface area (Å²) in [6.07, 6.45) is 10.9. The Hall–Kier alpha value is -6.69. The molecule has 0 saturated carbocycles. The molecule has 1 aliphatic carbocycles. The number of rotatable bonds is 16. The zero-order valence-corrected chi connectivity index (χ0v) is 31.4. The van der Waals surface area contributed by atoms with E-state index in [0.717, 1.165) is 44.8 Å². The minimum atomic E-state index is -1.05. The van der Waals surface area contributed by atoms with Crippen LogP contribution in [0.4, 0.5) is 26.7 Å². The Balaban J connectivity index is 1.85. The zero-order valence-electron chi connectivity index (χ0n) is 31.4. The fraction of sp³-hybridized carbons (Fsp3) is 0.233. The van der Waals surface area contributed by atoms with Gasteiger partial charge in [0.15, 0.2) is 6.54 Å². The van der Waals surface area contributed by atoms with Crippen LogP contribution in [0.3, 0.4) is 0 Å². The number of amides is 2. The van der Waals surface area contributed by atoms with Crippen LogP contribution in [0.1, 0.15) is 44.4 Å². The molecular weight excluding hydrogens is 700 g/mol. The molecule has 1 aliphatic rings. The summed E-state index contributed by atoms with van der Waals surface area (Å²) >= 11 is 0. The minimum absolute atomic E-state index is 0.135. The summed E-state index contributed by atoms with van der Waals surface area (Å²) in [7, 11) is 0. The van der Waals surface area contributed by atoms with Crippen molar-refractivity contribution in [3.8, 4) is 0 Å². The number of carboxylic acid groups (broad SMARTS) is 4. The lowest BCUT2D eigenvalue weighted by Gasteiger charge is -2.21. The molecule has 3 aromatic rings. The van der Waals surface area contributed by atoms with Crippen molar-refractivity contribution in [3.63, 3.8) is 0 Å². The van der Waals surface area contributed by atoms with Crippen molar-refractivity contribution < 1.29 is 44.2 Å². The van der Waals surface area contributed by atoms with Crippen molar-refractivity contribution in [2.24, 2.45) is 0 Å². The molecule has 0 heterocycles. The van der Waals surface area contributed by atoms with Gasteiger partial charge in [-0.05, 0) is 110 Å². The molecular formula is C43H47N4O8+. The quantitative estimate of drug-likeness (QED) is 0.0843. The lowest BCUT2D eigenvalue weighted by atomic mass is 9.94. The molecule has 0 atom stereocenters. The highest BCUT2D eigenvalue weighted by Gasteiger charge is 2.20. The van der Waals surface area contributed by atoms with E-state index in [2.05, 4.69) is 0 Å². The van der Waals surface area contributed by atoms with Gasteiger partial charge in [0.25, 0.3) is 0 Å². The SMILES string of the molecule is CCN(CC(=O)O)c1ccc(C(=CC=CC(=C2C=CC(=[N+](CC)C(=O)O)C=C2)c2ccc(N(CC)CC(=O)O)cc2)c2ccc(N(CC)C(=O)O)cc2)cc1. The van der Waals surface area contributed by atoms with Crippen molar-refractivity contribution >= 4 is 58.0 Å². The van der Waals surface area contributed by atoms with E-state index in [1.165, 1.54) is 9.48 Å². The molecule has 2 amide bonds. The molecule has 12 nitrogen and oxygen atoms in total. The van der Waals surface area contributed by atoms with E-state index < -0.39 is 24.1 Å². The number of benzene rings is 3. The first kappa shape index (κ1) is 41.1. The van der Waals surface area contributed by atoms with Gasteiger partial charge in [-0.3, -0.25) is 14.5 Å². The average molecular weight is 748 g/mol. The summed E-state index contributed by atoms with van der Waals surface area (Å²) in [6, 6.07) is 22.4. The van der Waals surface area contributed by atoms with Crippen molar-refractivity contribution in [1.29, 1.82) is 0 Å². The van der Waals surface area contributed by atoms with Crippen LogP contribution in [-0.2, 0) is 9.59 Å². The van der Waals surface area contributed by atoms with Crippen LogP contribution in [-0.4, -0.2) is 94.1 Å².